The van der Waals surface area contributed by atoms with Gasteiger partial charge in [-0.1, -0.05) is 17.8 Å². The van der Waals surface area contributed by atoms with Crippen LogP contribution in [-0.4, -0.2) is 36.3 Å². The number of hydrogen-bond donors (Lipinski definition) is 1. The fraction of sp³-hybridized carbons (Fsp3) is 0.158. The van der Waals surface area contributed by atoms with E-state index in [4.69, 9.17) is 0 Å². The summed E-state index contributed by atoms with van der Waals surface area (Å²) >= 11 is 1.50. The van der Waals surface area contributed by atoms with Gasteiger partial charge in [-0.3, -0.25) is 18.9 Å². The molecule has 4 heterocycles. The first-order valence-corrected chi connectivity index (χ1v) is 9.72. The van der Waals surface area contributed by atoms with Gasteiger partial charge >= 0.3 is 0 Å². The maximum absolute atomic E-state index is 12.7. The monoisotopic (exact) mass is 378 g/mol. The van der Waals surface area contributed by atoms with E-state index < -0.39 is 0 Å². The third-order valence-electron chi connectivity index (χ3n) is 4.17. The van der Waals surface area contributed by atoms with Crippen LogP contribution in [0, 0.1) is 0 Å². The van der Waals surface area contributed by atoms with Gasteiger partial charge in [-0.2, -0.15) is 5.10 Å². The number of imidazole rings is 1. The van der Waals surface area contributed by atoms with Gasteiger partial charge in [-0.15, -0.1) is 0 Å². The summed E-state index contributed by atoms with van der Waals surface area (Å²) in [4.78, 5) is 21.2. The van der Waals surface area contributed by atoms with E-state index in [0.29, 0.717) is 11.5 Å². The predicted octanol–water partition coefficient (Wildman–Crippen LogP) is 3.14. The van der Waals surface area contributed by atoms with Gasteiger partial charge in [-0.05, 0) is 42.5 Å². The Hall–Kier alpha value is -3.13. The van der Waals surface area contributed by atoms with E-state index in [2.05, 4.69) is 20.4 Å². The van der Waals surface area contributed by atoms with Gasteiger partial charge in [-0.25, -0.2) is 4.98 Å². The van der Waals surface area contributed by atoms with Crippen molar-refractivity contribution in [1.29, 1.82) is 0 Å². The smallest absolute Gasteiger partial charge is 0.277 e. The Morgan fingerprint density at radius 2 is 2.00 bits per heavy atom. The number of pyridine rings is 2. The predicted molar refractivity (Wildman–Crippen MR) is 105 cm³/mol. The number of carbonyl (C=O) groups excluding carboxylic acids is 1. The van der Waals surface area contributed by atoms with Crippen LogP contribution in [0.4, 0.5) is 5.82 Å². The molecular weight excluding hydrogens is 360 g/mol. The first-order valence-electron chi connectivity index (χ1n) is 8.49. The lowest BCUT2D eigenvalue weighted by Gasteiger charge is -2.02. The maximum Gasteiger partial charge on any atom is 0.277 e. The van der Waals surface area contributed by atoms with Crippen molar-refractivity contribution < 1.29 is 4.79 Å². The minimum absolute atomic E-state index is 0.265. The molecule has 0 aliphatic rings. The van der Waals surface area contributed by atoms with Crippen LogP contribution in [-0.2, 0) is 13.0 Å². The van der Waals surface area contributed by atoms with E-state index in [9.17, 15) is 4.79 Å². The highest BCUT2D eigenvalue weighted by atomic mass is 32.2. The van der Waals surface area contributed by atoms with Gasteiger partial charge < -0.3 is 5.32 Å². The van der Waals surface area contributed by atoms with Gasteiger partial charge in [0.1, 0.15) is 0 Å². The number of rotatable bonds is 6. The molecular formula is C19H18N6OS. The first-order chi connectivity index (χ1) is 13.2. The molecule has 8 heteroatoms. The molecule has 0 aliphatic carbocycles. The molecule has 1 N–H and O–H groups in total. The molecule has 4 aromatic heterocycles. The number of aryl methyl sites for hydroxylation is 2. The number of amides is 1. The van der Waals surface area contributed by atoms with Crippen LogP contribution < -0.4 is 5.32 Å². The van der Waals surface area contributed by atoms with Crippen LogP contribution in [0.2, 0.25) is 0 Å². The summed E-state index contributed by atoms with van der Waals surface area (Å²) in [5.74, 6) is 0.246. The molecule has 0 atom stereocenters. The van der Waals surface area contributed by atoms with Crippen molar-refractivity contribution in [2.24, 2.45) is 0 Å². The molecule has 0 fully saturated rings. The average molecular weight is 378 g/mol. The normalized spacial score (nSPS) is 11.0. The number of aromatic nitrogens is 5. The summed E-state index contributed by atoms with van der Waals surface area (Å²) in [5, 5.41) is 8.04. The zero-order chi connectivity index (χ0) is 18.6. The molecule has 0 aliphatic heterocycles. The molecule has 0 saturated heterocycles. The second-order valence-corrected chi connectivity index (χ2v) is 6.70. The average Bonchev–Trinajstić information content (AvgIpc) is 3.31. The Morgan fingerprint density at radius 3 is 2.81 bits per heavy atom. The van der Waals surface area contributed by atoms with Crippen LogP contribution >= 0.6 is 11.8 Å². The minimum atomic E-state index is -0.265. The number of fused-ring (bicyclic) bond motifs is 1. The third-order valence-corrected chi connectivity index (χ3v) is 4.83. The van der Waals surface area contributed by atoms with Crippen LogP contribution in [0.25, 0.3) is 5.52 Å². The number of anilines is 1. The molecule has 0 unspecified atom stereocenters. The van der Waals surface area contributed by atoms with E-state index >= 15 is 0 Å². The highest BCUT2D eigenvalue weighted by Gasteiger charge is 2.17. The van der Waals surface area contributed by atoms with E-state index in [1.54, 1.807) is 18.5 Å². The standard InChI is InChI=1S/C19H18N6OS/c1-27-19-22-17(15-4-2-3-11-25(15)19)18(26)21-16-8-13-24(23-16)12-7-14-5-9-20-10-6-14/h2-6,8-11,13H,7,12H2,1H3,(H,21,23,26). The largest absolute Gasteiger partial charge is 0.304 e. The topological polar surface area (TPSA) is 77.1 Å². The van der Waals surface area contributed by atoms with E-state index in [0.717, 1.165) is 23.6 Å². The lowest BCUT2D eigenvalue weighted by molar-refractivity contribution is 0.102. The van der Waals surface area contributed by atoms with Crippen LogP contribution in [0.15, 0.2) is 66.3 Å². The summed E-state index contributed by atoms with van der Waals surface area (Å²) < 4.78 is 3.72. The van der Waals surface area contributed by atoms with Crippen molar-refractivity contribution in [2.75, 3.05) is 11.6 Å². The van der Waals surface area contributed by atoms with Crippen molar-refractivity contribution in [2.45, 2.75) is 18.1 Å². The van der Waals surface area contributed by atoms with Crippen molar-refractivity contribution in [1.82, 2.24) is 24.1 Å². The van der Waals surface area contributed by atoms with Gasteiger partial charge in [0.25, 0.3) is 5.91 Å². The van der Waals surface area contributed by atoms with Crippen LogP contribution in [0.5, 0.6) is 0 Å². The van der Waals surface area contributed by atoms with Crippen molar-refractivity contribution >= 4 is 29.0 Å². The molecule has 136 valence electrons. The second kappa shape index (κ2) is 7.63. The molecule has 4 aromatic rings. The zero-order valence-electron chi connectivity index (χ0n) is 14.7. The maximum atomic E-state index is 12.7. The van der Waals surface area contributed by atoms with Gasteiger partial charge in [0.15, 0.2) is 16.7 Å². The number of nitrogens with zero attached hydrogens (tertiary/aromatic N) is 5. The molecule has 4 rings (SSSR count). The van der Waals surface area contributed by atoms with Gasteiger partial charge in [0, 0.05) is 37.4 Å². The Kier molecular flexibility index (Phi) is 4.88. The molecule has 7 nitrogen and oxygen atoms in total. The molecule has 0 saturated carbocycles. The lowest BCUT2D eigenvalue weighted by atomic mass is 10.2. The van der Waals surface area contributed by atoms with Crippen molar-refractivity contribution in [3.8, 4) is 0 Å². The summed E-state index contributed by atoms with van der Waals surface area (Å²) in [6.07, 6.45) is 10.1. The highest BCUT2D eigenvalue weighted by Crippen LogP contribution is 2.20. The zero-order valence-corrected chi connectivity index (χ0v) is 15.6. The minimum Gasteiger partial charge on any atom is -0.304 e. The van der Waals surface area contributed by atoms with E-state index in [-0.39, 0.29) is 5.91 Å². The number of hydrogen-bond acceptors (Lipinski definition) is 5. The van der Waals surface area contributed by atoms with Gasteiger partial charge in [0.2, 0.25) is 0 Å². The van der Waals surface area contributed by atoms with Gasteiger partial charge in [0.05, 0.1) is 5.52 Å². The molecule has 0 spiro atoms. The molecule has 0 radical (unpaired) electrons. The van der Waals surface area contributed by atoms with E-state index in [1.807, 2.05) is 58.1 Å². The summed E-state index contributed by atoms with van der Waals surface area (Å²) in [5.41, 5.74) is 2.36. The third kappa shape index (κ3) is 3.70. The highest BCUT2D eigenvalue weighted by molar-refractivity contribution is 7.98. The van der Waals surface area contributed by atoms with E-state index in [1.165, 1.54) is 17.3 Å². The number of nitrogens with one attached hydrogen (secondary N) is 1. The Bertz CT molecular complexity index is 1070. The molecule has 1 amide bonds. The van der Waals surface area contributed by atoms with Crippen molar-refractivity contribution in [3.63, 3.8) is 0 Å². The summed E-state index contributed by atoms with van der Waals surface area (Å²) in [7, 11) is 0. The lowest BCUT2D eigenvalue weighted by Crippen LogP contribution is -2.14. The Labute approximate surface area is 160 Å². The first kappa shape index (κ1) is 17.3. The second-order valence-electron chi connectivity index (χ2n) is 5.93. The molecule has 27 heavy (non-hydrogen) atoms. The quantitative estimate of drug-likeness (QED) is 0.522. The summed E-state index contributed by atoms with van der Waals surface area (Å²) in [6.45, 7) is 0.726. The number of carbonyl (C=O) groups is 1. The fourth-order valence-corrected chi connectivity index (χ4v) is 3.38. The molecule has 0 bridgehead atoms. The molecule has 0 aromatic carbocycles. The van der Waals surface area contributed by atoms with Crippen molar-refractivity contribution in [3.05, 3.63) is 72.4 Å². The van der Waals surface area contributed by atoms with Crippen LogP contribution in [0.3, 0.4) is 0 Å². The van der Waals surface area contributed by atoms with Crippen LogP contribution in [0.1, 0.15) is 16.1 Å². The summed E-state index contributed by atoms with van der Waals surface area (Å²) in [6, 6.07) is 11.5. The fourth-order valence-electron chi connectivity index (χ4n) is 2.84. The Balaban J connectivity index is 1.47. The Morgan fingerprint density at radius 1 is 1.15 bits per heavy atom. The SMILES string of the molecule is CSc1nc(C(=O)Nc2ccn(CCc3ccncc3)n2)c2ccccn12. The number of thioether (sulfide) groups is 1.